The fourth-order valence-corrected chi connectivity index (χ4v) is 0.666. The highest BCUT2D eigenvalue weighted by molar-refractivity contribution is 7.03. The maximum Gasteiger partial charge on any atom is 0.257 e. The van der Waals surface area contributed by atoms with Crippen LogP contribution in [0.4, 0.5) is 0 Å². The molecule has 0 fully saturated rings. The van der Waals surface area contributed by atoms with Crippen molar-refractivity contribution in [2.75, 3.05) is 13.2 Å². The van der Waals surface area contributed by atoms with Gasteiger partial charge in [-0.05, 0) is 0 Å². The number of aromatic nitrogens is 1. The van der Waals surface area contributed by atoms with Crippen LogP contribution < -0.4 is 5.56 Å². The molecule has 3 N–H and O–H groups in total. The number of nitrogens with one attached hydrogen (secondary N) is 1. The van der Waals surface area contributed by atoms with Gasteiger partial charge in [-0.15, -0.1) is 0 Å². The number of H-pyrrole nitrogens is 1. The minimum Gasteiger partial charge on any atom is -0.394 e. The molecule has 1 heterocycles. The smallest absolute Gasteiger partial charge is 0.257 e. The molecule has 1 rings (SSSR count). The first-order chi connectivity index (χ1) is 4.81. The molecule has 10 heavy (non-hydrogen) atoms. The lowest BCUT2D eigenvalue weighted by Crippen LogP contribution is -1.90. The molecule has 0 aliphatic carbocycles. The monoisotopic (exact) mass is 163 g/mol. The van der Waals surface area contributed by atoms with Gasteiger partial charge in [-0.3, -0.25) is 9.17 Å². The predicted molar refractivity (Wildman–Crippen MR) is 39.1 cm³/mol. The van der Waals surface area contributed by atoms with E-state index in [0.717, 1.165) is 0 Å². The first-order valence-electron chi connectivity index (χ1n) is 2.65. The lowest BCUT2D eigenvalue weighted by atomic mass is 10.8. The fourth-order valence-electron chi connectivity index (χ4n) is 0.222. The maximum atomic E-state index is 10.0. The molecule has 0 unspecified atom stereocenters. The van der Waals surface area contributed by atoms with E-state index < -0.39 is 0 Å². The molecule has 58 valence electrons. The second-order valence-electron chi connectivity index (χ2n) is 1.33. The van der Waals surface area contributed by atoms with Crippen LogP contribution in [0.1, 0.15) is 0 Å². The van der Waals surface area contributed by atoms with Gasteiger partial charge >= 0.3 is 0 Å². The van der Waals surface area contributed by atoms with Gasteiger partial charge < -0.3 is 10.2 Å². The molecule has 0 saturated carbocycles. The van der Waals surface area contributed by atoms with Crippen LogP contribution in [0, 0.1) is 0 Å². The fraction of sp³-hybridized carbons (Fsp3) is 0.400. The summed E-state index contributed by atoms with van der Waals surface area (Å²) in [4.78, 5) is 10.0. The summed E-state index contributed by atoms with van der Waals surface area (Å²) in [6.07, 6.45) is 0. The summed E-state index contributed by atoms with van der Waals surface area (Å²) in [5, 5.41) is 17.0. The Morgan fingerprint density at radius 2 is 2.10 bits per heavy atom. The minimum absolute atomic E-state index is 0.0139. The first-order valence-corrected chi connectivity index (χ1v) is 3.53. The standard InChI is InChI=1S/C3H3NOS.C2H6O2/c5-3-1-2-6-4-3;3-1-2-4/h1-2H,(H,4,5);3-4H,1-2H2. The van der Waals surface area contributed by atoms with Crippen molar-refractivity contribution in [1.82, 2.24) is 4.37 Å². The molecule has 0 bridgehead atoms. The minimum atomic E-state index is -0.125. The molecular weight excluding hydrogens is 154 g/mol. The van der Waals surface area contributed by atoms with E-state index in [2.05, 4.69) is 4.37 Å². The van der Waals surface area contributed by atoms with Crippen molar-refractivity contribution >= 4 is 11.5 Å². The molecule has 0 atom stereocenters. The Hall–Kier alpha value is -0.650. The third kappa shape index (κ3) is 5.49. The maximum absolute atomic E-state index is 10.0. The van der Waals surface area contributed by atoms with Gasteiger partial charge in [0.25, 0.3) is 5.56 Å². The average molecular weight is 163 g/mol. The van der Waals surface area contributed by atoms with Crippen molar-refractivity contribution in [3.8, 4) is 0 Å². The van der Waals surface area contributed by atoms with Gasteiger partial charge in [0.1, 0.15) is 0 Å². The van der Waals surface area contributed by atoms with Gasteiger partial charge in [-0.2, -0.15) is 0 Å². The normalized spacial score (nSPS) is 8.20. The summed E-state index contributed by atoms with van der Waals surface area (Å²) in [6.45, 7) is -0.250. The van der Waals surface area contributed by atoms with Crippen LogP contribution in [0.5, 0.6) is 0 Å². The van der Waals surface area contributed by atoms with Gasteiger partial charge in [-0.25, -0.2) is 0 Å². The van der Waals surface area contributed by atoms with E-state index in [1.165, 1.54) is 17.6 Å². The SMILES string of the molecule is O=c1ccs[nH]1.OCCO. The Morgan fingerprint density at radius 3 is 2.20 bits per heavy atom. The van der Waals surface area contributed by atoms with Crippen LogP contribution in [0.2, 0.25) is 0 Å². The zero-order chi connectivity index (χ0) is 7.82. The third-order valence-electron chi connectivity index (χ3n) is 0.547. The van der Waals surface area contributed by atoms with Gasteiger partial charge in [0, 0.05) is 11.4 Å². The Bertz CT molecular complexity index is 176. The zero-order valence-corrected chi connectivity index (χ0v) is 6.10. The molecule has 0 spiro atoms. The first kappa shape index (κ1) is 9.35. The van der Waals surface area contributed by atoms with Crippen molar-refractivity contribution in [3.63, 3.8) is 0 Å². The molecule has 0 radical (unpaired) electrons. The predicted octanol–water partition coefficient (Wildman–Crippen LogP) is -0.593. The molecule has 1 aromatic rings. The number of aliphatic hydroxyl groups excluding tert-OH is 2. The van der Waals surface area contributed by atoms with Crippen LogP contribution in [-0.4, -0.2) is 27.8 Å². The van der Waals surface area contributed by atoms with Gasteiger partial charge in [-0.1, -0.05) is 11.5 Å². The van der Waals surface area contributed by atoms with Crippen molar-refractivity contribution in [2.45, 2.75) is 0 Å². The van der Waals surface area contributed by atoms with E-state index in [-0.39, 0.29) is 18.8 Å². The van der Waals surface area contributed by atoms with E-state index in [1.807, 2.05) is 0 Å². The van der Waals surface area contributed by atoms with Crippen LogP contribution >= 0.6 is 11.5 Å². The number of aliphatic hydroxyl groups is 2. The van der Waals surface area contributed by atoms with E-state index in [1.54, 1.807) is 5.38 Å². The lowest BCUT2D eigenvalue weighted by Gasteiger charge is -1.70. The Kier molecular flexibility index (Phi) is 6.05. The van der Waals surface area contributed by atoms with Crippen molar-refractivity contribution in [2.24, 2.45) is 0 Å². The molecule has 0 amide bonds. The van der Waals surface area contributed by atoms with E-state index in [4.69, 9.17) is 10.2 Å². The number of hydrogen-bond acceptors (Lipinski definition) is 4. The van der Waals surface area contributed by atoms with Crippen LogP contribution in [-0.2, 0) is 0 Å². The Balaban J connectivity index is 0.000000180. The summed E-state index contributed by atoms with van der Waals surface area (Å²) in [5.74, 6) is 0. The molecule has 5 heteroatoms. The van der Waals surface area contributed by atoms with Crippen LogP contribution in [0.15, 0.2) is 16.2 Å². The third-order valence-corrected chi connectivity index (χ3v) is 1.14. The molecule has 4 nitrogen and oxygen atoms in total. The second kappa shape index (κ2) is 6.47. The summed E-state index contributed by atoms with van der Waals surface area (Å²) >= 11 is 1.30. The van der Waals surface area contributed by atoms with Crippen LogP contribution in [0.3, 0.4) is 0 Å². The highest BCUT2D eigenvalue weighted by Crippen LogP contribution is 1.77. The largest absolute Gasteiger partial charge is 0.394 e. The zero-order valence-electron chi connectivity index (χ0n) is 5.28. The topological polar surface area (TPSA) is 73.3 Å². The Labute approximate surface area is 61.9 Å². The van der Waals surface area contributed by atoms with Gasteiger partial charge in [0.15, 0.2) is 0 Å². The van der Waals surface area contributed by atoms with Gasteiger partial charge in [0.2, 0.25) is 0 Å². The summed E-state index contributed by atoms with van der Waals surface area (Å²) in [5.41, 5.74) is -0.0139. The molecule has 0 aromatic carbocycles. The van der Waals surface area contributed by atoms with Crippen molar-refractivity contribution < 1.29 is 10.2 Å². The van der Waals surface area contributed by atoms with E-state index in [9.17, 15) is 4.79 Å². The summed E-state index contributed by atoms with van der Waals surface area (Å²) in [6, 6.07) is 1.49. The van der Waals surface area contributed by atoms with Crippen molar-refractivity contribution in [1.29, 1.82) is 0 Å². The number of hydrogen-bond donors (Lipinski definition) is 3. The highest BCUT2D eigenvalue weighted by atomic mass is 32.1. The summed E-state index contributed by atoms with van der Waals surface area (Å²) < 4.78 is 2.49. The molecule has 0 saturated heterocycles. The average Bonchev–Trinajstić information content (AvgIpc) is 2.40. The number of rotatable bonds is 1. The van der Waals surface area contributed by atoms with E-state index in [0.29, 0.717) is 0 Å². The molecule has 1 aromatic heterocycles. The van der Waals surface area contributed by atoms with Gasteiger partial charge in [0.05, 0.1) is 13.2 Å². The molecular formula is C5H9NO3S. The second-order valence-corrected chi connectivity index (χ2v) is 2.05. The number of aromatic amines is 1. The summed E-state index contributed by atoms with van der Waals surface area (Å²) in [7, 11) is 0. The van der Waals surface area contributed by atoms with Crippen LogP contribution in [0.25, 0.3) is 0 Å². The van der Waals surface area contributed by atoms with E-state index >= 15 is 0 Å². The quantitative estimate of drug-likeness (QED) is 0.518. The molecule has 0 aliphatic heterocycles. The highest BCUT2D eigenvalue weighted by Gasteiger charge is 1.72. The Morgan fingerprint density at radius 1 is 1.50 bits per heavy atom. The molecule has 0 aliphatic rings. The van der Waals surface area contributed by atoms with Crippen molar-refractivity contribution in [3.05, 3.63) is 21.8 Å². The lowest BCUT2D eigenvalue weighted by molar-refractivity contribution is 0.186.